The minimum Gasteiger partial charge on any atom is -0.496 e. The molecule has 0 radical (unpaired) electrons. The molecule has 0 unspecified atom stereocenters. The molecule has 0 atom stereocenters. The first-order valence-electron chi connectivity index (χ1n) is 8.91. The Morgan fingerprint density at radius 3 is 2.46 bits per heavy atom. The van der Waals surface area contributed by atoms with Crippen molar-refractivity contribution in [3.05, 3.63) is 18.2 Å². The third-order valence-corrected chi connectivity index (χ3v) is 4.02. The highest BCUT2D eigenvalue weighted by atomic mass is 16.5. The summed E-state index contributed by atoms with van der Waals surface area (Å²) in [6.07, 6.45) is 0.989. The minimum absolute atomic E-state index is 0.443. The second kappa shape index (κ2) is 11.4. The molecule has 0 amide bonds. The van der Waals surface area contributed by atoms with E-state index in [9.17, 15) is 0 Å². The van der Waals surface area contributed by atoms with Gasteiger partial charge in [0.15, 0.2) is 5.96 Å². The van der Waals surface area contributed by atoms with Crippen LogP contribution in [0.5, 0.6) is 17.2 Å². The summed E-state index contributed by atoms with van der Waals surface area (Å²) in [6, 6.07) is 5.42. The van der Waals surface area contributed by atoms with Crippen molar-refractivity contribution in [2.24, 2.45) is 10.7 Å². The van der Waals surface area contributed by atoms with Crippen LogP contribution in [-0.4, -0.2) is 77.6 Å². The average Bonchev–Trinajstić information content (AvgIpc) is 2.69. The Morgan fingerprint density at radius 2 is 1.81 bits per heavy atom. The number of nitrogens with zero attached hydrogens (tertiary/aromatic N) is 2. The molecule has 1 saturated heterocycles. The summed E-state index contributed by atoms with van der Waals surface area (Å²) in [6.45, 7) is 6.43. The van der Waals surface area contributed by atoms with Crippen molar-refractivity contribution in [1.29, 1.82) is 0 Å². The van der Waals surface area contributed by atoms with Crippen LogP contribution in [-0.2, 0) is 4.74 Å². The molecular formula is C18H30N4O4. The number of guanidine groups is 1. The normalized spacial score (nSPS) is 15.5. The van der Waals surface area contributed by atoms with Crippen LogP contribution in [0.4, 0.5) is 0 Å². The molecule has 0 aliphatic carbocycles. The highest BCUT2D eigenvalue weighted by molar-refractivity contribution is 5.77. The van der Waals surface area contributed by atoms with Gasteiger partial charge in [-0.1, -0.05) is 0 Å². The summed E-state index contributed by atoms with van der Waals surface area (Å²) in [5.41, 5.74) is 5.87. The van der Waals surface area contributed by atoms with Crippen molar-refractivity contribution < 1.29 is 18.9 Å². The van der Waals surface area contributed by atoms with E-state index in [-0.39, 0.29) is 0 Å². The number of rotatable bonds is 10. The van der Waals surface area contributed by atoms with Gasteiger partial charge in [0.05, 0.1) is 34.0 Å². The molecule has 8 nitrogen and oxygen atoms in total. The Kier molecular flexibility index (Phi) is 8.85. The molecule has 0 saturated carbocycles. The second-order valence-electron chi connectivity index (χ2n) is 5.90. The van der Waals surface area contributed by atoms with Gasteiger partial charge in [-0.15, -0.1) is 0 Å². The van der Waals surface area contributed by atoms with Crippen LogP contribution in [0.3, 0.4) is 0 Å². The third kappa shape index (κ3) is 7.37. The first-order chi connectivity index (χ1) is 12.7. The number of nitrogens with two attached hydrogens (primary N) is 1. The Balaban J connectivity index is 1.61. The molecule has 146 valence electrons. The summed E-state index contributed by atoms with van der Waals surface area (Å²) < 4.78 is 21.5. The topological polar surface area (TPSA) is 90.6 Å². The molecule has 26 heavy (non-hydrogen) atoms. The number of morpholine rings is 1. The van der Waals surface area contributed by atoms with Crippen LogP contribution in [0.15, 0.2) is 23.2 Å². The lowest BCUT2D eigenvalue weighted by Crippen LogP contribution is -2.37. The quantitative estimate of drug-likeness (QED) is 0.358. The fraction of sp³-hybridized carbons (Fsp3) is 0.611. The highest BCUT2D eigenvalue weighted by Crippen LogP contribution is 2.27. The van der Waals surface area contributed by atoms with Crippen molar-refractivity contribution in [3.63, 3.8) is 0 Å². The van der Waals surface area contributed by atoms with Crippen molar-refractivity contribution in [2.75, 3.05) is 66.8 Å². The minimum atomic E-state index is 0.443. The Labute approximate surface area is 155 Å². The standard InChI is InChI=1S/C18H30N4O4/c1-23-15-12-16(24-2)14-17(13-15)26-9-5-21-18(19)20-4-3-6-22-7-10-25-11-8-22/h12-14H,3-11H2,1-2H3,(H3,19,20,21). The van der Waals surface area contributed by atoms with Gasteiger partial charge < -0.3 is 30.0 Å². The van der Waals surface area contributed by atoms with Gasteiger partial charge in [-0.3, -0.25) is 9.89 Å². The van der Waals surface area contributed by atoms with Crippen LogP contribution >= 0.6 is 0 Å². The van der Waals surface area contributed by atoms with E-state index in [1.807, 2.05) is 12.1 Å². The van der Waals surface area contributed by atoms with E-state index in [2.05, 4.69) is 15.2 Å². The zero-order valence-electron chi connectivity index (χ0n) is 15.7. The monoisotopic (exact) mass is 366 g/mol. The van der Waals surface area contributed by atoms with Gasteiger partial charge in [-0.25, -0.2) is 0 Å². The summed E-state index contributed by atoms with van der Waals surface area (Å²) in [5, 5.41) is 3.06. The summed E-state index contributed by atoms with van der Waals surface area (Å²) >= 11 is 0. The summed E-state index contributed by atoms with van der Waals surface area (Å²) in [7, 11) is 3.21. The van der Waals surface area contributed by atoms with Gasteiger partial charge in [0.2, 0.25) is 0 Å². The predicted molar refractivity (Wildman–Crippen MR) is 101 cm³/mol. The zero-order valence-corrected chi connectivity index (χ0v) is 15.7. The lowest BCUT2D eigenvalue weighted by atomic mass is 10.3. The Hall–Kier alpha value is -2.19. The molecule has 1 aromatic rings. The fourth-order valence-electron chi connectivity index (χ4n) is 2.59. The van der Waals surface area contributed by atoms with Crippen LogP contribution in [0.1, 0.15) is 6.42 Å². The smallest absolute Gasteiger partial charge is 0.188 e. The Bertz CT molecular complexity index is 540. The molecular weight excluding hydrogens is 336 g/mol. The largest absolute Gasteiger partial charge is 0.496 e. The van der Waals surface area contributed by atoms with Gasteiger partial charge in [-0.2, -0.15) is 0 Å². The second-order valence-corrected chi connectivity index (χ2v) is 5.90. The van der Waals surface area contributed by atoms with Gasteiger partial charge in [0.1, 0.15) is 23.9 Å². The maximum Gasteiger partial charge on any atom is 0.188 e. The van der Waals surface area contributed by atoms with Crippen LogP contribution < -0.4 is 25.3 Å². The van der Waals surface area contributed by atoms with E-state index < -0.39 is 0 Å². The van der Waals surface area contributed by atoms with Crippen molar-refractivity contribution in [2.45, 2.75) is 6.42 Å². The molecule has 0 spiro atoms. The van der Waals surface area contributed by atoms with E-state index in [0.717, 1.165) is 39.3 Å². The summed E-state index contributed by atoms with van der Waals surface area (Å²) in [5.74, 6) is 2.50. The van der Waals surface area contributed by atoms with Crippen LogP contribution in [0, 0.1) is 0 Å². The molecule has 0 aromatic heterocycles. The van der Waals surface area contributed by atoms with E-state index in [0.29, 0.717) is 42.9 Å². The number of hydrogen-bond acceptors (Lipinski definition) is 6. The molecule has 8 heteroatoms. The molecule has 3 N–H and O–H groups in total. The average molecular weight is 366 g/mol. The third-order valence-electron chi connectivity index (χ3n) is 4.02. The van der Waals surface area contributed by atoms with Crippen molar-refractivity contribution >= 4 is 5.96 Å². The molecule has 0 bridgehead atoms. The zero-order chi connectivity index (χ0) is 18.6. The van der Waals surface area contributed by atoms with E-state index in [1.54, 1.807) is 20.3 Å². The highest BCUT2D eigenvalue weighted by Gasteiger charge is 2.08. The number of aliphatic imine (C=N–C) groups is 1. The fourth-order valence-corrected chi connectivity index (χ4v) is 2.59. The number of methoxy groups -OCH3 is 2. The molecule has 1 aromatic carbocycles. The summed E-state index contributed by atoms with van der Waals surface area (Å²) in [4.78, 5) is 6.73. The van der Waals surface area contributed by atoms with Crippen LogP contribution in [0.2, 0.25) is 0 Å². The number of benzene rings is 1. The molecule has 1 aliphatic heterocycles. The molecule has 1 fully saturated rings. The lowest BCUT2D eigenvalue weighted by Gasteiger charge is -2.26. The Morgan fingerprint density at radius 1 is 1.15 bits per heavy atom. The molecule has 2 rings (SSSR count). The lowest BCUT2D eigenvalue weighted by molar-refractivity contribution is 0.0377. The first-order valence-corrected chi connectivity index (χ1v) is 8.91. The number of nitrogens with one attached hydrogen (secondary N) is 1. The molecule has 1 aliphatic rings. The van der Waals surface area contributed by atoms with Gasteiger partial charge in [0.25, 0.3) is 0 Å². The molecule has 1 heterocycles. The first kappa shape index (κ1) is 20.1. The maximum absolute atomic E-state index is 5.87. The van der Waals surface area contributed by atoms with Gasteiger partial charge in [0, 0.05) is 44.4 Å². The van der Waals surface area contributed by atoms with Gasteiger partial charge >= 0.3 is 0 Å². The van der Waals surface area contributed by atoms with E-state index in [4.69, 9.17) is 24.7 Å². The van der Waals surface area contributed by atoms with Crippen LogP contribution in [0.25, 0.3) is 0 Å². The van der Waals surface area contributed by atoms with Crippen molar-refractivity contribution in [1.82, 2.24) is 10.2 Å². The SMILES string of the molecule is COc1cc(OC)cc(OCCNC(N)=NCCCN2CCOCC2)c1. The van der Waals surface area contributed by atoms with Gasteiger partial charge in [-0.05, 0) is 6.42 Å². The number of ether oxygens (including phenoxy) is 4. The van der Waals surface area contributed by atoms with E-state index in [1.165, 1.54) is 0 Å². The van der Waals surface area contributed by atoms with Crippen molar-refractivity contribution in [3.8, 4) is 17.2 Å². The predicted octanol–water partition coefficient (Wildman–Crippen LogP) is 0.709. The van der Waals surface area contributed by atoms with E-state index >= 15 is 0 Å². The maximum atomic E-state index is 5.87. The number of hydrogen-bond donors (Lipinski definition) is 2.